The second-order valence-corrected chi connectivity index (χ2v) is 11.4. The first-order chi connectivity index (χ1) is 17.0. The maximum absolute atomic E-state index is 12.1. The molecule has 0 bridgehead atoms. The van der Waals surface area contributed by atoms with Crippen molar-refractivity contribution in [3.05, 3.63) is 12.7 Å². The number of aromatic nitrogens is 4. The van der Waals surface area contributed by atoms with Crippen LogP contribution in [0.15, 0.2) is 12.7 Å². The molecule has 37 heavy (non-hydrogen) atoms. The number of nitrogens with two attached hydrogens (primary N) is 1. The summed E-state index contributed by atoms with van der Waals surface area (Å²) in [5.74, 6) is -1.99. The Bertz CT molecular complexity index is 1280. The molecule has 3 rings (SSSR count). The number of nitrogens with zero attached hydrogens (tertiary/aromatic N) is 4. The standard InChI is InChI=1S/C13H20N5O16P3/c14-10-7-11(16-3-15-10)18(4-17-7)12-9(20)8(19)5(32-12)1-30-36(26,27)34-37(28,29)31-2-6(13(21)22)33-35(23,24)25/h3-6,8-9,12,19-20H,1-2H2,(H,21,22)(H,26,27)(H,28,29)(H2,14,15,16)(H2,23,24,25)/t5-,6?,8-,9-,12-/m1/s1. The molecule has 0 aliphatic carbocycles. The number of hydrogen-bond acceptors (Lipinski definition) is 15. The normalized spacial score (nSPS) is 26.5. The van der Waals surface area contributed by atoms with E-state index in [2.05, 4.69) is 32.8 Å². The zero-order valence-electron chi connectivity index (χ0n) is 18.0. The van der Waals surface area contributed by atoms with Crippen LogP contribution in [0.3, 0.4) is 0 Å². The lowest BCUT2D eigenvalue weighted by Gasteiger charge is -2.20. The highest BCUT2D eigenvalue weighted by molar-refractivity contribution is 7.61. The van der Waals surface area contributed by atoms with Crippen molar-refractivity contribution in [1.82, 2.24) is 19.5 Å². The molecule has 3 heterocycles. The van der Waals surface area contributed by atoms with Crippen LogP contribution in [0.4, 0.5) is 5.82 Å². The second-order valence-electron chi connectivity index (χ2n) is 7.16. The Labute approximate surface area is 204 Å². The maximum Gasteiger partial charge on any atom is 0.481 e. The van der Waals surface area contributed by atoms with Gasteiger partial charge in [0.05, 0.1) is 19.5 Å². The zero-order chi connectivity index (χ0) is 27.8. The Kier molecular flexibility index (Phi) is 8.85. The maximum atomic E-state index is 12.1. The van der Waals surface area contributed by atoms with Gasteiger partial charge in [-0.1, -0.05) is 0 Å². The van der Waals surface area contributed by atoms with Gasteiger partial charge in [-0.3, -0.25) is 18.1 Å². The van der Waals surface area contributed by atoms with E-state index in [1.807, 2.05) is 0 Å². The van der Waals surface area contributed by atoms with Crippen LogP contribution >= 0.6 is 23.5 Å². The van der Waals surface area contributed by atoms with Gasteiger partial charge in [0.1, 0.15) is 30.2 Å². The fraction of sp³-hybridized carbons (Fsp3) is 0.538. The number of hydrogen-bond donors (Lipinski definition) is 8. The molecular weight excluding hydrogens is 575 g/mol. The molecule has 0 saturated carbocycles. The monoisotopic (exact) mass is 595 g/mol. The minimum atomic E-state index is -5.57. The SMILES string of the molecule is Nc1ncnc2c1ncn2[C@@H]1O[C@H](COP(=O)(O)OP(=O)(O)OCC(OP(=O)(O)O)C(=O)O)[C@@H](O)[C@H]1O. The Morgan fingerprint density at radius 2 is 1.73 bits per heavy atom. The van der Waals surface area contributed by atoms with Gasteiger partial charge in [-0.2, -0.15) is 4.31 Å². The fourth-order valence-electron chi connectivity index (χ4n) is 2.97. The van der Waals surface area contributed by atoms with Gasteiger partial charge < -0.3 is 45.4 Å². The summed E-state index contributed by atoms with van der Waals surface area (Å²) in [7, 11) is -16.4. The molecule has 7 atom stereocenters. The minimum Gasteiger partial charge on any atom is -0.479 e. The molecule has 1 saturated heterocycles. The topological polar surface area (TPSA) is 326 Å². The summed E-state index contributed by atoms with van der Waals surface area (Å²) >= 11 is 0. The van der Waals surface area contributed by atoms with Crippen molar-refractivity contribution in [2.75, 3.05) is 18.9 Å². The van der Waals surface area contributed by atoms with Crippen molar-refractivity contribution in [2.45, 2.75) is 30.6 Å². The van der Waals surface area contributed by atoms with Crippen LogP contribution < -0.4 is 5.73 Å². The number of carboxylic acids is 1. The Morgan fingerprint density at radius 1 is 1.08 bits per heavy atom. The van der Waals surface area contributed by atoms with Gasteiger partial charge in [0.15, 0.2) is 23.8 Å². The van der Waals surface area contributed by atoms with Crippen molar-refractivity contribution in [3.63, 3.8) is 0 Å². The molecule has 9 N–H and O–H groups in total. The number of fused-ring (bicyclic) bond motifs is 1. The van der Waals surface area contributed by atoms with Gasteiger partial charge in [-0.15, -0.1) is 0 Å². The highest BCUT2D eigenvalue weighted by atomic mass is 31.3. The average molecular weight is 595 g/mol. The molecule has 1 aliphatic heterocycles. The first-order valence-electron chi connectivity index (χ1n) is 9.57. The first-order valence-corrected chi connectivity index (χ1v) is 14.1. The van der Waals surface area contributed by atoms with Crippen LogP contribution in [0.25, 0.3) is 11.2 Å². The van der Waals surface area contributed by atoms with Crippen LogP contribution in [0.2, 0.25) is 0 Å². The highest BCUT2D eigenvalue weighted by Gasteiger charge is 2.46. The third kappa shape index (κ3) is 7.56. The molecule has 21 nitrogen and oxygen atoms in total. The molecule has 0 amide bonds. The van der Waals surface area contributed by atoms with Crippen LogP contribution in [0.1, 0.15) is 6.23 Å². The Balaban J connectivity index is 1.60. The molecular formula is C13H20N5O16P3. The lowest BCUT2D eigenvalue weighted by atomic mass is 10.1. The van der Waals surface area contributed by atoms with Crippen molar-refractivity contribution in [1.29, 1.82) is 0 Å². The van der Waals surface area contributed by atoms with E-state index >= 15 is 0 Å². The van der Waals surface area contributed by atoms with E-state index in [0.29, 0.717) is 0 Å². The first kappa shape index (κ1) is 29.6. The summed E-state index contributed by atoms with van der Waals surface area (Å²) in [6.45, 7) is -2.47. The quantitative estimate of drug-likeness (QED) is 0.121. The molecule has 0 spiro atoms. The summed E-state index contributed by atoms with van der Waals surface area (Å²) < 4.78 is 57.8. The zero-order valence-corrected chi connectivity index (χ0v) is 20.7. The number of phosphoric acid groups is 3. The summed E-state index contributed by atoms with van der Waals surface area (Å²) in [5, 5.41) is 29.4. The smallest absolute Gasteiger partial charge is 0.479 e. The second kappa shape index (κ2) is 11.0. The molecule has 2 aromatic rings. The van der Waals surface area contributed by atoms with Crippen molar-refractivity contribution in [2.24, 2.45) is 0 Å². The number of nitrogen functional groups attached to an aromatic ring is 1. The molecule has 208 valence electrons. The number of carboxylic acid groups (broad SMARTS) is 1. The largest absolute Gasteiger partial charge is 0.481 e. The summed E-state index contributed by atoms with van der Waals surface area (Å²) in [5.41, 5.74) is 5.98. The summed E-state index contributed by atoms with van der Waals surface area (Å²) in [6.07, 6.45) is -6.32. The summed E-state index contributed by atoms with van der Waals surface area (Å²) in [6, 6.07) is 0. The van der Waals surface area contributed by atoms with Gasteiger partial charge in [-0.25, -0.2) is 33.4 Å². The van der Waals surface area contributed by atoms with E-state index in [4.69, 9.17) is 25.4 Å². The number of rotatable bonds is 12. The van der Waals surface area contributed by atoms with Gasteiger partial charge in [-0.05, 0) is 0 Å². The van der Waals surface area contributed by atoms with Gasteiger partial charge in [0.2, 0.25) is 0 Å². The highest BCUT2D eigenvalue weighted by Crippen LogP contribution is 2.60. The number of phosphoric ester groups is 3. The number of aliphatic hydroxyl groups is 2. The van der Waals surface area contributed by atoms with Crippen molar-refractivity contribution < 1.29 is 76.0 Å². The van der Waals surface area contributed by atoms with Crippen LogP contribution in [-0.2, 0) is 41.1 Å². The average Bonchev–Trinajstić information content (AvgIpc) is 3.30. The lowest BCUT2D eigenvalue weighted by molar-refractivity contribution is -0.147. The number of aliphatic carboxylic acids is 1. The van der Waals surface area contributed by atoms with Gasteiger partial charge >= 0.3 is 29.4 Å². The predicted octanol–water partition coefficient (Wildman–Crippen LogP) is -2.16. The molecule has 0 radical (unpaired) electrons. The number of imidazole rings is 1. The third-order valence-electron chi connectivity index (χ3n) is 4.54. The number of anilines is 1. The molecule has 1 aliphatic rings. The molecule has 3 unspecified atom stereocenters. The lowest BCUT2D eigenvalue weighted by Crippen LogP contribution is -2.33. The van der Waals surface area contributed by atoms with E-state index in [0.717, 1.165) is 6.33 Å². The number of carbonyl (C=O) groups is 1. The third-order valence-corrected chi connectivity index (χ3v) is 7.67. The molecule has 0 aromatic carbocycles. The molecule has 24 heteroatoms. The van der Waals surface area contributed by atoms with Crippen LogP contribution in [0, 0.1) is 0 Å². The van der Waals surface area contributed by atoms with E-state index in [1.54, 1.807) is 0 Å². The predicted molar refractivity (Wildman–Crippen MR) is 113 cm³/mol. The van der Waals surface area contributed by atoms with Gasteiger partial charge in [0, 0.05) is 0 Å². The van der Waals surface area contributed by atoms with Crippen molar-refractivity contribution in [3.8, 4) is 0 Å². The van der Waals surface area contributed by atoms with E-state index in [-0.39, 0.29) is 17.0 Å². The molecule has 1 fully saturated rings. The minimum absolute atomic E-state index is 0.0219. The number of aliphatic hydroxyl groups excluding tert-OH is 2. The number of ether oxygens (including phenoxy) is 1. The molecule has 2 aromatic heterocycles. The van der Waals surface area contributed by atoms with Crippen LogP contribution in [-0.4, -0.2) is 98.0 Å². The van der Waals surface area contributed by atoms with Gasteiger partial charge in [0.25, 0.3) is 0 Å². The summed E-state index contributed by atoms with van der Waals surface area (Å²) in [4.78, 5) is 59.2. The van der Waals surface area contributed by atoms with E-state index < -0.39 is 73.3 Å². The van der Waals surface area contributed by atoms with E-state index in [9.17, 15) is 38.5 Å². The van der Waals surface area contributed by atoms with Crippen molar-refractivity contribution >= 4 is 46.4 Å². The fourth-order valence-corrected chi connectivity index (χ4v) is 5.53. The Hall–Kier alpha value is -1.93. The van der Waals surface area contributed by atoms with Crippen LogP contribution in [0.5, 0.6) is 0 Å². The Morgan fingerprint density at radius 3 is 2.35 bits per heavy atom. The van der Waals surface area contributed by atoms with E-state index in [1.165, 1.54) is 10.9 Å².